The summed E-state index contributed by atoms with van der Waals surface area (Å²) in [6.45, 7) is 12.2. The van der Waals surface area contributed by atoms with Gasteiger partial charge in [0.25, 0.3) is 0 Å². The molecule has 0 aliphatic carbocycles. The van der Waals surface area contributed by atoms with Crippen molar-refractivity contribution in [2.45, 2.75) is 82.9 Å². The molecule has 0 N–H and O–H groups in total. The van der Waals surface area contributed by atoms with Crippen molar-refractivity contribution in [2.75, 3.05) is 0 Å². The Hall–Kier alpha value is -15.6. The lowest BCUT2D eigenvalue weighted by atomic mass is 9.93. The molecule has 640 valence electrons. The van der Waals surface area contributed by atoms with Crippen LogP contribution in [0.3, 0.4) is 0 Å². The van der Waals surface area contributed by atoms with E-state index < -0.39 is 20.6 Å². The van der Waals surface area contributed by atoms with Crippen LogP contribution in [0.25, 0.3) is 220 Å². The molecule has 24 aromatic rings. The molecule has 8 heteroatoms. The number of benzene rings is 16. The van der Waals surface area contributed by atoms with Gasteiger partial charge in [0.1, 0.15) is 72.9 Å². The maximum Gasteiger partial charge on any atom is 0.216 e. The fourth-order valence-corrected chi connectivity index (χ4v) is 20.5. The smallest absolute Gasteiger partial charge is 0.216 e. The number of aryl methyl sites for hydroxylation is 16. The Labute approximate surface area is 782 Å². The van der Waals surface area contributed by atoms with Crippen LogP contribution >= 0.6 is 0 Å². The van der Waals surface area contributed by atoms with Gasteiger partial charge in [-0.15, -0.1) is 0 Å². The molecule has 8 heterocycles. The standard InChI is InChI=1S/C32H28NO.2C31H26NO.C30H24NO/c1-19-16-28-31(25-14-10-9-13-24(19)25)30-21(3)15-20(2)29(32(30)34-28)27-17-26(22(4)18-33(27)5)23-11-7-6-8-12-23;1-19-16-20(2)29-30-24-13-9-8-12-23(24)14-15-27(30)33-31(29)28(19)26-17-25(21(3)18-32(26)4)22-10-6-5-7-11-22;1-19-14-15-25-30-24-13-9-8-12-23(24)20(2)16-28(30)33-31(25)29(19)27-17-26(21(3)18-32(27)4)22-10-6-5-7-11-22;1-19-13-14-25-29-24-12-8-7-11-23(24)20(2)17-27(29)32-30(25)28(19)26-18-22(15-16-31(26)3)21-9-5-4-6-10-21/h6-18H,1-5H3;2*5-18H,1-4H3;4-18H,1-3H3/q4*+1/i;2D3,3D3;3D3;. The van der Waals surface area contributed by atoms with Crippen molar-refractivity contribution >= 4 is 131 Å². The summed E-state index contributed by atoms with van der Waals surface area (Å²) in [5.41, 5.74) is 33.6. The van der Waals surface area contributed by atoms with E-state index >= 15 is 0 Å². The summed E-state index contributed by atoms with van der Waals surface area (Å²) in [6, 6.07) is 108. The summed E-state index contributed by atoms with van der Waals surface area (Å²) in [5.74, 6) is 0. The van der Waals surface area contributed by atoms with Gasteiger partial charge in [0, 0.05) is 102 Å². The Morgan fingerprint density at radius 1 is 0.205 bits per heavy atom. The third kappa shape index (κ3) is 14.3. The lowest BCUT2D eigenvalue weighted by Gasteiger charge is -2.11. The Morgan fingerprint density at radius 3 is 1.00 bits per heavy atom. The second kappa shape index (κ2) is 33.5. The van der Waals surface area contributed by atoms with Crippen LogP contribution in [0.4, 0.5) is 0 Å². The number of fused-ring (bicyclic) bond motifs is 20. The van der Waals surface area contributed by atoms with Gasteiger partial charge in [-0.3, -0.25) is 0 Å². The number of hydrogen-bond acceptors (Lipinski definition) is 4. The van der Waals surface area contributed by atoms with E-state index in [-0.39, 0.29) is 11.1 Å². The van der Waals surface area contributed by atoms with Crippen LogP contribution in [-0.2, 0) is 28.2 Å². The zero-order chi connectivity index (χ0) is 98.3. The minimum atomic E-state index is -2.36. The van der Waals surface area contributed by atoms with E-state index in [2.05, 4.69) is 291 Å². The maximum absolute atomic E-state index is 8.36. The van der Waals surface area contributed by atoms with Crippen LogP contribution in [0.1, 0.15) is 79.1 Å². The highest BCUT2D eigenvalue weighted by Crippen LogP contribution is 2.49. The predicted octanol–water partition coefficient (Wildman–Crippen LogP) is 31.3. The molecule has 0 spiro atoms. The summed E-state index contributed by atoms with van der Waals surface area (Å²) in [5, 5.41) is 17.7. The molecule has 0 radical (unpaired) electrons. The average Bonchev–Trinajstić information content (AvgIpc) is 1.58. The van der Waals surface area contributed by atoms with Gasteiger partial charge in [-0.1, -0.05) is 261 Å². The van der Waals surface area contributed by atoms with Crippen LogP contribution in [0.5, 0.6) is 0 Å². The molecular weight excluding hydrogens is 1610 g/mol. The third-order valence-corrected chi connectivity index (χ3v) is 26.9. The molecule has 16 aromatic carbocycles. The van der Waals surface area contributed by atoms with Gasteiger partial charge in [0.05, 0.1) is 22.3 Å². The summed E-state index contributed by atoms with van der Waals surface area (Å²) >= 11 is 0. The van der Waals surface area contributed by atoms with E-state index in [1.807, 2.05) is 128 Å². The van der Waals surface area contributed by atoms with Crippen LogP contribution in [0.15, 0.2) is 358 Å². The highest BCUT2D eigenvalue weighted by Gasteiger charge is 2.31. The molecule has 8 nitrogen and oxygen atoms in total. The molecule has 0 aliphatic heterocycles. The SMILES string of the molecule is Cc1c[n+](C)c(-c2c(C)cc(C)c3c2oc2cc(C)c4ccccc4c23)cc1-c1ccccc1.Cc1ccc2c(oc3cc(C)c4ccccc4c32)c1-c1cc(-c2ccccc2)cc[n+]1C.[2H]C([2H])([2H])c1c[n+](C)c(-c2c(C)cc(C([2H])([2H])[2H])c3c2oc2ccc4ccccc4c23)cc1-c1ccccc1.[2H]C([2H])([2H])c1c[n+](C)c(-c2c(C)ccc3c2oc2cc(C)c4ccccc4c23)cc1-c1ccccc1. The van der Waals surface area contributed by atoms with Crippen LogP contribution < -0.4 is 18.3 Å². The second-order valence-corrected chi connectivity index (χ2v) is 35.5. The van der Waals surface area contributed by atoms with Crippen molar-refractivity contribution in [2.24, 2.45) is 28.2 Å². The first-order valence-corrected chi connectivity index (χ1v) is 45.0. The van der Waals surface area contributed by atoms with Gasteiger partial charge in [0.2, 0.25) is 22.8 Å². The zero-order valence-corrected chi connectivity index (χ0v) is 76.3. The van der Waals surface area contributed by atoms with E-state index in [9.17, 15) is 0 Å². The fraction of sp³-hybridized carbons (Fsp3) is 0.129. The van der Waals surface area contributed by atoms with Gasteiger partial charge in [0.15, 0.2) is 24.8 Å². The zero-order valence-electron chi connectivity index (χ0n) is 85.3. The molecule has 0 bridgehead atoms. The minimum Gasteiger partial charge on any atom is -0.455 e. The molecule has 0 saturated carbocycles. The second-order valence-electron chi connectivity index (χ2n) is 35.5. The summed E-state index contributed by atoms with van der Waals surface area (Å²) < 4.78 is 109. The minimum absolute atomic E-state index is 0.235. The molecule has 0 amide bonds. The largest absolute Gasteiger partial charge is 0.455 e. The van der Waals surface area contributed by atoms with Crippen LogP contribution in [-0.4, -0.2) is 0 Å². The van der Waals surface area contributed by atoms with E-state index in [1.165, 1.54) is 121 Å². The Kier molecular flexibility index (Phi) is 18.6. The first-order valence-electron chi connectivity index (χ1n) is 49.5. The topological polar surface area (TPSA) is 68.1 Å². The highest BCUT2D eigenvalue weighted by molar-refractivity contribution is 6.26. The lowest BCUT2D eigenvalue weighted by molar-refractivity contribution is -0.660. The Morgan fingerprint density at radius 2 is 0.545 bits per heavy atom. The van der Waals surface area contributed by atoms with E-state index in [0.29, 0.717) is 33.2 Å². The molecule has 0 saturated heterocycles. The Balaban J connectivity index is 0.000000112. The predicted molar refractivity (Wildman–Crippen MR) is 550 cm³/mol. The molecule has 0 unspecified atom stereocenters. The molecule has 8 aromatic heterocycles. The van der Waals surface area contributed by atoms with Crippen molar-refractivity contribution in [3.63, 3.8) is 0 Å². The van der Waals surface area contributed by atoms with Crippen molar-refractivity contribution in [1.82, 2.24) is 0 Å². The van der Waals surface area contributed by atoms with Crippen LogP contribution in [0, 0.1) is 82.9 Å². The van der Waals surface area contributed by atoms with E-state index in [0.717, 1.165) is 122 Å². The fourth-order valence-electron chi connectivity index (χ4n) is 20.5. The summed E-state index contributed by atoms with van der Waals surface area (Å²) in [6.07, 6.45) is 7.75. The highest BCUT2D eigenvalue weighted by atomic mass is 16.3. The van der Waals surface area contributed by atoms with Gasteiger partial charge >= 0.3 is 0 Å². The van der Waals surface area contributed by atoms with E-state index in [4.69, 9.17) is 30.0 Å². The van der Waals surface area contributed by atoms with E-state index in [1.54, 1.807) is 30.1 Å². The molecule has 0 atom stereocenters. The molecular formula is C124H104N4O4+4. The van der Waals surface area contributed by atoms with Crippen LogP contribution in [0.2, 0.25) is 0 Å². The molecule has 24 rings (SSSR count). The number of aromatic nitrogens is 4. The molecule has 0 aliphatic rings. The van der Waals surface area contributed by atoms with Crippen molar-refractivity contribution < 1.29 is 48.3 Å². The number of furan rings is 4. The van der Waals surface area contributed by atoms with Crippen molar-refractivity contribution in [3.8, 4) is 89.5 Å². The Bertz CT molecular complexity index is 9210. The van der Waals surface area contributed by atoms with Gasteiger partial charge in [-0.2, -0.15) is 0 Å². The monoisotopic (exact) mass is 1720 g/mol. The number of hydrogen-bond donors (Lipinski definition) is 0. The molecule has 0 fully saturated rings. The normalized spacial score (nSPS) is 12.9. The van der Waals surface area contributed by atoms with Crippen molar-refractivity contribution in [1.29, 1.82) is 0 Å². The van der Waals surface area contributed by atoms with Crippen molar-refractivity contribution in [3.05, 3.63) is 407 Å². The number of nitrogens with zero attached hydrogens (tertiary/aromatic N) is 4. The maximum atomic E-state index is 8.36. The molecule has 132 heavy (non-hydrogen) atoms. The number of pyridine rings is 4. The lowest BCUT2D eigenvalue weighted by Crippen LogP contribution is -2.31. The number of rotatable bonds is 8. The van der Waals surface area contributed by atoms with Gasteiger partial charge in [-0.05, 0) is 245 Å². The quantitative estimate of drug-likeness (QED) is 0.142. The third-order valence-electron chi connectivity index (χ3n) is 26.9. The summed E-state index contributed by atoms with van der Waals surface area (Å²) in [4.78, 5) is 0. The average molecular weight is 1720 g/mol. The summed E-state index contributed by atoms with van der Waals surface area (Å²) in [7, 11) is 7.94. The first-order chi connectivity index (χ1) is 67.7. The van der Waals surface area contributed by atoms with Gasteiger partial charge in [-0.25, -0.2) is 18.3 Å². The van der Waals surface area contributed by atoms with Gasteiger partial charge < -0.3 is 17.7 Å². The first kappa shape index (κ1) is 73.3.